The van der Waals surface area contributed by atoms with Gasteiger partial charge in [-0.3, -0.25) is 0 Å². The van der Waals surface area contributed by atoms with E-state index in [-0.39, 0.29) is 0 Å². The Morgan fingerprint density at radius 2 is 1.18 bits per heavy atom. The van der Waals surface area contributed by atoms with Gasteiger partial charge >= 0.3 is 12.3 Å². The summed E-state index contributed by atoms with van der Waals surface area (Å²) in [6.07, 6.45) is 7.28. The van der Waals surface area contributed by atoms with Crippen LogP contribution in [0.25, 0.3) is 0 Å². The van der Waals surface area contributed by atoms with E-state index in [1.54, 1.807) is 12.1 Å². The second-order valence-electron chi connectivity index (χ2n) is 10.4. The van der Waals surface area contributed by atoms with Crippen LogP contribution in [0.1, 0.15) is 108 Å². The summed E-state index contributed by atoms with van der Waals surface area (Å²) in [7, 11) is 0. The van der Waals surface area contributed by atoms with Crippen LogP contribution in [-0.2, 0) is 0 Å². The van der Waals surface area contributed by atoms with Gasteiger partial charge in [0.1, 0.15) is 5.75 Å². The SMILES string of the molecule is CCCCCC1CCC(CCC2CCC(c3ccc(OC(F)(F)C(F)(F)F)cc3)CC2)CC1. The second-order valence-corrected chi connectivity index (χ2v) is 10.4. The maximum absolute atomic E-state index is 13.1. The molecule has 0 N–H and O–H groups in total. The molecule has 0 spiro atoms. The Kier molecular flexibility index (Phi) is 9.46. The average Bonchev–Trinajstić information content (AvgIpc) is 2.79. The van der Waals surface area contributed by atoms with Crippen LogP contribution in [0.15, 0.2) is 24.3 Å². The number of halogens is 5. The number of benzene rings is 1. The Bertz CT molecular complexity index is 683. The van der Waals surface area contributed by atoms with Crippen molar-refractivity contribution in [2.24, 2.45) is 17.8 Å². The van der Waals surface area contributed by atoms with Crippen molar-refractivity contribution in [3.05, 3.63) is 29.8 Å². The molecule has 188 valence electrons. The Balaban J connectivity index is 1.35. The lowest BCUT2D eigenvalue weighted by Crippen LogP contribution is -2.41. The number of ether oxygens (including phenoxy) is 1. The van der Waals surface area contributed by atoms with E-state index >= 15 is 0 Å². The zero-order chi connectivity index (χ0) is 23.9. The van der Waals surface area contributed by atoms with E-state index in [9.17, 15) is 22.0 Å². The Morgan fingerprint density at radius 3 is 1.67 bits per heavy atom. The molecule has 2 fully saturated rings. The number of alkyl halides is 5. The summed E-state index contributed by atoms with van der Waals surface area (Å²) < 4.78 is 66.9. The van der Waals surface area contributed by atoms with Crippen LogP contribution in [0, 0.1) is 17.8 Å². The summed E-state index contributed by atoms with van der Waals surface area (Å²) in [5, 5.41) is 0. The molecule has 0 unspecified atom stereocenters. The largest absolute Gasteiger partial charge is 0.499 e. The summed E-state index contributed by atoms with van der Waals surface area (Å²) in [6.45, 7) is 2.27. The molecule has 0 aromatic heterocycles. The molecule has 0 aliphatic heterocycles. The molecule has 0 heterocycles. The summed E-state index contributed by atoms with van der Waals surface area (Å²) in [6, 6.07) is 5.71. The van der Waals surface area contributed by atoms with Gasteiger partial charge in [0.25, 0.3) is 0 Å². The highest BCUT2D eigenvalue weighted by molar-refractivity contribution is 5.30. The fourth-order valence-corrected chi connectivity index (χ4v) is 5.76. The monoisotopic (exact) mass is 474 g/mol. The van der Waals surface area contributed by atoms with Gasteiger partial charge in [0.05, 0.1) is 0 Å². The van der Waals surface area contributed by atoms with Gasteiger partial charge in [-0.15, -0.1) is 0 Å². The van der Waals surface area contributed by atoms with Crippen LogP contribution in [0.4, 0.5) is 22.0 Å². The molecule has 3 rings (SSSR count). The van der Waals surface area contributed by atoms with Crippen molar-refractivity contribution in [1.82, 2.24) is 0 Å². The van der Waals surface area contributed by atoms with E-state index in [0.29, 0.717) is 5.92 Å². The van der Waals surface area contributed by atoms with Crippen molar-refractivity contribution < 1.29 is 26.7 Å². The van der Waals surface area contributed by atoms with E-state index in [2.05, 4.69) is 11.7 Å². The van der Waals surface area contributed by atoms with Crippen LogP contribution >= 0.6 is 0 Å². The molecule has 0 bridgehead atoms. The molecular formula is C27H39F5O. The minimum Gasteiger partial charge on any atom is -0.426 e. The van der Waals surface area contributed by atoms with Crippen molar-refractivity contribution in [1.29, 1.82) is 0 Å². The molecule has 0 amide bonds. The van der Waals surface area contributed by atoms with Gasteiger partial charge in [0.2, 0.25) is 0 Å². The summed E-state index contributed by atoms with van der Waals surface area (Å²) >= 11 is 0. The smallest absolute Gasteiger partial charge is 0.426 e. The predicted molar refractivity (Wildman–Crippen MR) is 122 cm³/mol. The molecule has 1 nitrogen and oxygen atoms in total. The first-order valence-corrected chi connectivity index (χ1v) is 12.9. The van der Waals surface area contributed by atoms with Crippen LogP contribution in [0.2, 0.25) is 0 Å². The highest BCUT2D eigenvalue weighted by Crippen LogP contribution is 2.41. The van der Waals surface area contributed by atoms with E-state index in [0.717, 1.165) is 36.2 Å². The van der Waals surface area contributed by atoms with Crippen LogP contribution < -0.4 is 4.74 Å². The number of unbranched alkanes of at least 4 members (excludes halogenated alkanes) is 2. The molecule has 2 aliphatic rings. The van der Waals surface area contributed by atoms with Gasteiger partial charge in [-0.2, -0.15) is 22.0 Å². The average molecular weight is 475 g/mol. The lowest BCUT2D eigenvalue weighted by molar-refractivity contribution is -0.360. The Labute approximate surface area is 195 Å². The zero-order valence-corrected chi connectivity index (χ0v) is 19.8. The lowest BCUT2D eigenvalue weighted by atomic mass is 9.74. The molecular weight excluding hydrogens is 435 g/mol. The molecule has 33 heavy (non-hydrogen) atoms. The van der Waals surface area contributed by atoms with Gasteiger partial charge in [-0.25, -0.2) is 0 Å². The summed E-state index contributed by atoms with van der Waals surface area (Å²) in [5.74, 6) is 2.50. The van der Waals surface area contributed by atoms with Crippen molar-refractivity contribution in [2.75, 3.05) is 0 Å². The van der Waals surface area contributed by atoms with E-state index < -0.39 is 18.0 Å². The molecule has 6 heteroatoms. The van der Waals surface area contributed by atoms with Gasteiger partial charge in [0, 0.05) is 0 Å². The van der Waals surface area contributed by atoms with Gasteiger partial charge in [0.15, 0.2) is 0 Å². The third-order valence-corrected chi connectivity index (χ3v) is 7.94. The van der Waals surface area contributed by atoms with Crippen molar-refractivity contribution in [3.63, 3.8) is 0 Å². The topological polar surface area (TPSA) is 9.23 Å². The first-order chi connectivity index (χ1) is 15.7. The highest BCUT2D eigenvalue weighted by Gasteiger charge is 2.61. The third kappa shape index (κ3) is 7.85. The summed E-state index contributed by atoms with van der Waals surface area (Å²) in [4.78, 5) is 0. The van der Waals surface area contributed by atoms with Crippen LogP contribution in [0.5, 0.6) is 5.75 Å². The maximum atomic E-state index is 13.1. The molecule has 0 radical (unpaired) electrons. The fraction of sp³-hybridized carbons (Fsp3) is 0.778. The van der Waals surface area contributed by atoms with Crippen molar-refractivity contribution in [3.8, 4) is 5.75 Å². The third-order valence-electron chi connectivity index (χ3n) is 7.94. The van der Waals surface area contributed by atoms with Crippen LogP contribution in [-0.4, -0.2) is 12.3 Å². The van der Waals surface area contributed by atoms with Gasteiger partial charge < -0.3 is 4.74 Å². The van der Waals surface area contributed by atoms with Crippen molar-refractivity contribution >= 4 is 0 Å². The minimum absolute atomic E-state index is 0.344. The Hall–Kier alpha value is -1.33. The molecule has 0 atom stereocenters. The number of rotatable bonds is 10. The standard InChI is InChI=1S/C27H39F5O/c1-2-3-4-5-20-6-8-21(9-7-20)10-11-22-12-14-23(15-13-22)24-16-18-25(19-17-24)33-27(31,32)26(28,29)30/h16-23H,2-15H2,1H3. The molecule has 1 aromatic rings. The van der Waals surface area contributed by atoms with Crippen molar-refractivity contribution in [2.45, 2.75) is 115 Å². The maximum Gasteiger partial charge on any atom is 0.499 e. The molecule has 2 aliphatic carbocycles. The highest BCUT2D eigenvalue weighted by atomic mass is 19.4. The van der Waals surface area contributed by atoms with Gasteiger partial charge in [-0.1, -0.05) is 83.3 Å². The molecule has 2 saturated carbocycles. The lowest BCUT2D eigenvalue weighted by Gasteiger charge is -2.32. The molecule has 0 saturated heterocycles. The van der Waals surface area contributed by atoms with Gasteiger partial charge in [-0.05, 0) is 67.1 Å². The summed E-state index contributed by atoms with van der Waals surface area (Å²) in [5.41, 5.74) is 0.998. The normalized spacial score (nSPS) is 26.8. The quantitative estimate of drug-likeness (QED) is 0.242. The first kappa shape index (κ1) is 26.3. The van der Waals surface area contributed by atoms with E-state index in [1.807, 2.05) is 0 Å². The van der Waals surface area contributed by atoms with E-state index in [4.69, 9.17) is 0 Å². The Morgan fingerprint density at radius 1 is 0.697 bits per heavy atom. The van der Waals surface area contributed by atoms with E-state index in [1.165, 1.54) is 89.2 Å². The second kappa shape index (κ2) is 11.9. The number of hydrogen-bond donors (Lipinski definition) is 0. The molecule has 1 aromatic carbocycles. The van der Waals surface area contributed by atoms with Crippen LogP contribution in [0.3, 0.4) is 0 Å². The first-order valence-electron chi connectivity index (χ1n) is 12.9. The zero-order valence-electron chi connectivity index (χ0n) is 19.8. The minimum atomic E-state index is -5.72. The predicted octanol–water partition coefficient (Wildman–Crippen LogP) is 9.66. The fourth-order valence-electron chi connectivity index (χ4n) is 5.76. The number of hydrogen-bond acceptors (Lipinski definition) is 1.